The number of rotatable bonds is 6. The van der Waals surface area contributed by atoms with Crippen LogP contribution in [-0.4, -0.2) is 58.2 Å². The maximum atomic E-state index is 13.2. The topological polar surface area (TPSA) is 91.9 Å². The molecule has 1 aliphatic carbocycles. The molecule has 31 heavy (non-hydrogen) atoms. The minimum absolute atomic E-state index is 0.0219. The zero-order valence-electron chi connectivity index (χ0n) is 18.8. The first kappa shape index (κ1) is 21.8. The summed E-state index contributed by atoms with van der Waals surface area (Å²) in [6.07, 6.45) is 13.1. The van der Waals surface area contributed by atoms with E-state index in [1.165, 1.54) is 37.0 Å². The van der Waals surface area contributed by atoms with Gasteiger partial charge in [-0.1, -0.05) is 32.1 Å². The number of aromatic nitrogens is 1. The van der Waals surface area contributed by atoms with Crippen LogP contribution in [0.25, 0.3) is 0 Å². The van der Waals surface area contributed by atoms with Gasteiger partial charge in [-0.3, -0.25) is 19.5 Å². The second kappa shape index (κ2) is 8.97. The molecule has 2 atom stereocenters. The molecule has 7 nitrogen and oxygen atoms in total. The van der Waals surface area contributed by atoms with E-state index in [-0.39, 0.29) is 17.7 Å². The zero-order chi connectivity index (χ0) is 22.0. The van der Waals surface area contributed by atoms with Crippen LogP contribution in [0.5, 0.6) is 0 Å². The Morgan fingerprint density at radius 2 is 2.00 bits per heavy atom. The standard InChI is InChI=1S/C24H35N5O2/c1-17-9-12-26-15-20(17)21(30)29-13-10-19(16-29)14-24(22(31)28(2)23(25)27-24)11-8-18-6-4-3-5-7-18/h9,12,15,18-19H,3-8,10-11,13-14,16H2,1-2H3,(H2,25,27)/t19-,24+/m1/s1. The lowest BCUT2D eigenvalue weighted by atomic mass is 9.78. The molecule has 0 radical (unpaired) electrons. The normalized spacial score (nSPS) is 27.1. The number of aryl methyl sites for hydroxylation is 1. The predicted molar refractivity (Wildman–Crippen MR) is 121 cm³/mol. The number of nitrogens with two attached hydrogens (primary N) is 1. The van der Waals surface area contributed by atoms with Crippen LogP contribution in [0.3, 0.4) is 0 Å². The molecular formula is C24H35N5O2. The van der Waals surface area contributed by atoms with Crippen molar-refractivity contribution in [2.45, 2.75) is 70.3 Å². The monoisotopic (exact) mass is 425 g/mol. The summed E-state index contributed by atoms with van der Waals surface area (Å²) in [5.41, 5.74) is 6.92. The highest BCUT2D eigenvalue weighted by Crippen LogP contribution is 2.39. The van der Waals surface area contributed by atoms with Crippen molar-refractivity contribution >= 4 is 17.8 Å². The Kier molecular flexibility index (Phi) is 6.30. The quantitative estimate of drug-likeness (QED) is 0.758. The summed E-state index contributed by atoms with van der Waals surface area (Å²) in [5.74, 6) is 1.32. The summed E-state index contributed by atoms with van der Waals surface area (Å²) in [5, 5.41) is 0. The van der Waals surface area contributed by atoms with Crippen molar-refractivity contribution in [2.75, 3.05) is 20.1 Å². The molecule has 7 heteroatoms. The number of likely N-dealkylation sites (tertiary alicyclic amines) is 1. The summed E-state index contributed by atoms with van der Waals surface area (Å²) in [7, 11) is 1.72. The first-order valence-electron chi connectivity index (χ1n) is 11.7. The highest BCUT2D eigenvalue weighted by atomic mass is 16.2. The average molecular weight is 426 g/mol. The van der Waals surface area contributed by atoms with Gasteiger partial charge in [-0.25, -0.2) is 4.99 Å². The van der Waals surface area contributed by atoms with Crippen molar-refractivity contribution in [3.05, 3.63) is 29.6 Å². The summed E-state index contributed by atoms with van der Waals surface area (Å²) >= 11 is 0. The number of pyridine rings is 1. The van der Waals surface area contributed by atoms with E-state index in [1.54, 1.807) is 19.4 Å². The van der Waals surface area contributed by atoms with Gasteiger partial charge in [0.2, 0.25) is 0 Å². The van der Waals surface area contributed by atoms with E-state index in [0.29, 0.717) is 37.0 Å². The van der Waals surface area contributed by atoms with Gasteiger partial charge < -0.3 is 10.6 Å². The van der Waals surface area contributed by atoms with Gasteiger partial charge in [0.05, 0.1) is 5.56 Å². The molecule has 1 aromatic heterocycles. The molecule has 1 saturated heterocycles. The van der Waals surface area contributed by atoms with Crippen LogP contribution >= 0.6 is 0 Å². The van der Waals surface area contributed by atoms with Gasteiger partial charge in [-0.15, -0.1) is 0 Å². The number of carbonyl (C=O) groups is 2. The van der Waals surface area contributed by atoms with E-state index in [1.807, 2.05) is 17.9 Å². The molecule has 2 fully saturated rings. The Balaban J connectivity index is 1.44. The van der Waals surface area contributed by atoms with Crippen molar-refractivity contribution in [3.63, 3.8) is 0 Å². The highest BCUT2D eigenvalue weighted by molar-refractivity contribution is 6.06. The first-order valence-corrected chi connectivity index (χ1v) is 11.7. The molecule has 2 amide bonds. The van der Waals surface area contributed by atoms with E-state index in [2.05, 4.69) is 4.98 Å². The van der Waals surface area contributed by atoms with Crippen molar-refractivity contribution in [1.82, 2.24) is 14.8 Å². The Labute approximate surface area is 185 Å². The smallest absolute Gasteiger partial charge is 0.257 e. The largest absolute Gasteiger partial charge is 0.369 e. The summed E-state index contributed by atoms with van der Waals surface area (Å²) in [4.78, 5) is 38.5. The number of likely N-dealkylation sites (N-methyl/N-ethyl adjacent to an activating group) is 1. The molecule has 0 unspecified atom stereocenters. The number of carbonyl (C=O) groups excluding carboxylic acids is 2. The third-order valence-electron chi connectivity index (χ3n) is 7.53. The van der Waals surface area contributed by atoms with Gasteiger partial charge in [0, 0.05) is 32.5 Å². The number of hydrogen-bond acceptors (Lipinski definition) is 5. The molecule has 3 heterocycles. The number of hydrogen-bond donors (Lipinski definition) is 1. The third-order valence-corrected chi connectivity index (χ3v) is 7.53. The summed E-state index contributed by atoms with van der Waals surface area (Å²) in [6, 6.07) is 1.87. The molecule has 0 bridgehead atoms. The van der Waals surface area contributed by atoms with E-state index in [4.69, 9.17) is 10.7 Å². The fraction of sp³-hybridized carbons (Fsp3) is 0.667. The molecule has 0 aromatic carbocycles. The maximum absolute atomic E-state index is 13.2. The molecule has 2 aliphatic heterocycles. The second-order valence-corrected chi connectivity index (χ2v) is 9.71. The van der Waals surface area contributed by atoms with E-state index in [0.717, 1.165) is 24.8 Å². The first-order chi connectivity index (χ1) is 14.9. The number of guanidine groups is 1. The van der Waals surface area contributed by atoms with Crippen molar-refractivity contribution < 1.29 is 9.59 Å². The molecule has 2 N–H and O–H groups in total. The third kappa shape index (κ3) is 4.46. The van der Waals surface area contributed by atoms with Crippen molar-refractivity contribution in [1.29, 1.82) is 0 Å². The summed E-state index contributed by atoms with van der Waals surface area (Å²) < 4.78 is 0. The van der Waals surface area contributed by atoms with Crippen LogP contribution in [0, 0.1) is 18.8 Å². The van der Waals surface area contributed by atoms with E-state index >= 15 is 0 Å². The lowest BCUT2D eigenvalue weighted by Gasteiger charge is -2.30. The van der Waals surface area contributed by atoms with Gasteiger partial charge >= 0.3 is 0 Å². The average Bonchev–Trinajstić information content (AvgIpc) is 3.32. The summed E-state index contributed by atoms with van der Waals surface area (Å²) in [6.45, 7) is 3.30. The fourth-order valence-electron chi connectivity index (χ4n) is 5.59. The van der Waals surface area contributed by atoms with Crippen molar-refractivity contribution in [3.8, 4) is 0 Å². The fourth-order valence-corrected chi connectivity index (χ4v) is 5.59. The lowest BCUT2D eigenvalue weighted by Crippen LogP contribution is -2.44. The Bertz CT molecular complexity index is 863. The Morgan fingerprint density at radius 1 is 1.23 bits per heavy atom. The van der Waals surface area contributed by atoms with Crippen LogP contribution < -0.4 is 5.73 Å². The minimum Gasteiger partial charge on any atom is -0.369 e. The Morgan fingerprint density at radius 3 is 2.68 bits per heavy atom. The number of nitrogens with zero attached hydrogens (tertiary/aromatic N) is 4. The minimum atomic E-state index is -0.760. The van der Waals surface area contributed by atoms with Gasteiger partial charge in [0.15, 0.2) is 5.96 Å². The predicted octanol–water partition coefficient (Wildman–Crippen LogP) is 3.13. The molecule has 0 spiro atoms. The SMILES string of the molecule is Cc1ccncc1C(=O)N1CC[C@H](C[C@]2(CCC3CCCCC3)N=C(N)N(C)C2=O)C1. The van der Waals surface area contributed by atoms with Crippen LogP contribution in [0.2, 0.25) is 0 Å². The molecule has 1 saturated carbocycles. The molecule has 3 aliphatic rings. The highest BCUT2D eigenvalue weighted by Gasteiger charge is 2.48. The second-order valence-electron chi connectivity index (χ2n) is 9.71. The zero-order valence-corrected chi connectivity index (χ0v) is 18.8. The van der Waals surface area contributed by atoms with Gasteiger partial charge in [0.25, 0.3) is 11.8 Å². The van der Waals surface area contributed by atoms with Gasteiger partial charge in [-0.2, -0.15) is 0 Å². The molecular weight excluding hydrogens is 390 g/mol. The van der Waals surface area contributed by atoms with Crippen molar-refractivity contribution in [2.24, 2.45) is 22.6 Å². The van der Waals surface area contributed by atoms with E-state index < -0.39 is 5.54 Å². The number of amides is 2. The molecule has 1 aromatic rings. The maximum Gasteiger partial charge on any atom is 0.257 e. The number of aliphatic imine (C=N–C) groups is 1. The van der Waals surface area contributed by atoms with E-state index in [9.17, 15) is 9.59 Å². The van der Waals surface area contributed by atoms with Crippen LogP contribution in [-0.2, 0) is 4.79 Å². The van der Waals surface area contributed by atoms with Crippen LogP contribution in [0.15, 0.2) is 23.5 Å². The molecule has 168 valence electrons. The van der Waals surface area contributed by atoms with Crippen LogP contribution in [0.1, 0.15) is 73.7 Å². The molecule has 4 rings (SSSR count). The lowest BCUT2D eigenvalue weighted by molar-refractivity contribution is -0.131. The van der Waals surface area contributed by atoms with Gasteiger partial charge in [-0.05, 0) is 56.1 Å². The Hall–Kier alpha value is -2.44. The van der Waals surface area contributed by atoms with Crippen LogP contribution in [0.4, 0.5) is 0 Å². The van der Waals surface area contributed by atoms with Gasteiger partial charge in [0.1, 0.15) is 5.54 Å².